The van der Waals surface area contributed by atoms with Crippen molar-refractivity contribution in [1.82, 2.24) is 29.5 Å². The van der Waals surface area contributed by atoms with E-state index in [4.69, 9.17) is 17.3 Å². The lowest BCUT2D eigenvalue weighted by Gasteiger charge is -2.32. The number of fused-ring (bicyclic) bond motifs is 1. The zero-order valence-corrected chi connectivity index (χ0v) is 21.1. The Kier molecular flexibility index (Phi) is 7.39. The number of carbonyl (C=O) groups is 3. The normalized spacial score (nSPS) is 15.5. The van der Waals surface area contributed by atoms with Gasteiger partial charge in [-0.1, -0.05) is 18.2 Å². The van der Waals surface area contributed by atoms with Crippen LogP contribution in [0.4, 0.5) is 15.9 Å². The highest BCUT2D eigenvalue weighted by molar-refractivity contribution is 6.34. The van der Waals surface area contributed by atoms with Crippen LogP contribution in [-0.2, 0) is 16.0 Å². The Hall–Kier alpha value is -4.06. The zero-order chi connectivity index (χ0) is 26.9. The van der Waals surface area contributed by atoms with E-state index in [-0.39, 0.29) is 57.4 Å². The molecule has 3 aromatic rings. The van der Waals surface area contributed by atoms with Crippen LogP contribution in [-0.4, -0.2) is 74.5 Å². The SMILES string of the molecule is C=CC(=O)N1CCCC(n2nc(C(=O)Nc3cc(F)c(CC(=O)N(C)C)cc3Cl)c3c(N)ncnc32)C1. The third-order valence-corrected chi connectivity index (χ3v) is 6.50. The van der Waals surface area contributed by atoms with Crippen LogP contribution in [0.1, 0.15) is 34.9 Å². The number of nitrogen functional groups attached to an aromatic ring is 1. The number of nitrogens with zero attached hydrogens (tertiary/aromatic N) is 6. The van der Waals surface area contributed by atoms with Crippen LogP contribution >= 0.6 is 11.6 Å². The molecule has 194 valence electrons. The number of piperidine rings is 1. The van der Waals surface area contributed by atoms with Gasteiger partial charge in [-0.05, 0) is 36.6 Å². The number of hydrogen-bond acceptors (Lipinski definition) is 7. The number of rotatable bonds is 6. The number of likely N-dealkylation sites (N-methyl/N-ethyl adjacent to an activating group) is 1. The number of nitrogens with one attached hydrogen (secondary N) is 1. The van der Waals surface area contributed by atoms with Crippen LogP contribution < -0.4 is 11.1 Å². The molecule has 4 rings (SSSR count). The maximum absolute atomic E-state index is 14.7. The molecule has 0 aliphatic carbocycles. The molecular weight excluding hydrogens is 503 g/mol. The van der Waals surface area contributed by atoms with E-state index in [0.717, 1.165) is 12.5 Å². The number of carbonyl (C=O) groups excluding carboxylic acids is 3. The fraction of sp³-hybridized carbons (Fsp3) is 0.333. The van der Waals surface area contributed by atoms with Crippen LogP contribution in [0.5, 0.6) is 0 Å². The number of likely N-dealkylation sites (tertiary alicyclic amines) is 1. The third-order valence-electron chi connectivity index (χ3n) is 6.19. The second kappa shape index (κ2) is 10.5. The minimum Gasteiger partial charge on any atom is -0.383 e. The summed E-state index contributed by atoms with van der Waals surface area (Å²) in [5.74, 6) is -1.83. The van der Waals surface area contributed by atoms with E-state index in [2.05, 4.69) is 27.0 Å². The van der Waals surface area contributed by atoms with E-state index in [9.17, 15) is 18.8 Å². The summed E-state index contributed by atoms with van der Waals surface area (Å²) in [6, 6.07) is 2.10. The van der Waals surface area contributed by atoms with Gasteiger partial charge in [0.05, 0.1) is 28.6 Å². The first-order valence-corrected chi connectivity index (χ1v) is 11.9. The standard InChI is InChI=1S/C24H26ClFN8O3/c1-4-18(35)33-7-5-6-14(11-33)34-23-20(22(27)28-12-29-23)21(31-34)24(37)30-17-10-16(26)13(8-15(17)25)9-19(36)32(2)3/h4,8,10,12,14H,1,5-7,9,11H2,2-3H3,(H,30,37)(H2,27,28,29). The molecule has 11 nitrogen and oxygen atoms in total. The fourth-order valence-electron chi connectivity index (χ4n) is 4.21. The van der Waals surface area contributed by atoms with E-state index in [1.54, 1.807) is 23.7 Å². The second-order valence-electron chi connectivity index (χ2n) is 8.88. The van der Waals surface area contributed by atoms with Crippen LogP contribution in [0, 0.1) is 5.82 Å². The first-order chi connectivity index (χ1) is 17.6. The van der Waals surface area contributed by atoms with E-state index in [0.29, 0.717) is 25.2 Å². The van der Waals surface area contributed by atoms with Gasteiger partial charge in [-0.3, -0.25) is 14.4 Å². The Morgan fingerprint density at radius 3 is 2.78 bits per heavy atom. The molecule has 1 aromatic carbocycles. The topological polar surface area (TPSA) is 139 Å². The number of hydrogen-bond donors (Lipinski definition) is 2. The summed E-state index contributed by atoms with van der Waals surface area (Å²) < 4.78 is 16.3. The number of benzene rings is 1. The van der Waals surface area contributed by atoms with Gasteiger partial charge in [0, 0.05) is 27.2 Å². The van der Waals surface area contributed by atoms with Crippen LogP contribution in [0.25, 0.3) is 11.0 Å². The summed E-state index contributed by atoms with van der Waals surface area (Å²) in [6.07, 6.45) is 3.78. The van der Waals surface area contributed by atoms with Crippen LogP contribution in [0.2, 0.25) is 5.02 Å². The maximum atomic E-state index is 14.7. The Morgan fingerprint density at radius 1 is 1.32 bits per heavy atom. The molecule has 0 spiro atoms. The van der Waals surface area contributed by atoms with Crippen molar-refractivity contribution in [2.45, 2.75) is 25.3 Å². The fourth-order valence-corrected chi connectivity index (χ4v) is 4.45. The summed E-state index contributed by atoms with van der Waals surface area (Å²) in [5, 5.41) is 7.35. The number of nitrogens with two attached hydrogens (primary N) is 1. The monoisotopic (exact) mass is 528 g/mol. The molecule has 13 heteroatoms. The van der Waals surface area contributed by atoms with Crippen molar-refractivity contribution in [1.29, 1.82) is 0 Å². The van der Waals surface area contributed by atoms with Gasteiger partial charge in [-0.25, -0.2) is 19.0 Å². The Labute approximate surface area is 217 Å². The molecule has 0 radical (unpaired) electrons. The highest BCUT2D eigenvalue weighted by atomic mass is 35.5. The smallest absolute Gasteiger partial charge is 0.277 e. The van der Waals surface area contributed by atoms with E-state index in [1.165, 1.54) is 23.4 Å². The van der Waals surface area contributed by atoms with Crippen molar-refractivity contribution in [3.63, 3.8) is 0 Å². The quantitative estimate of drug-likeness (QED) is 0.468. The lowest BCUT2D eigenvalue weighted by atomic mass is 10.1. The van der Waals surface area contributed by atoms with Gasteiger partial charge in [-0.2, -0.15) is 5.10 Å². The summed E-state index contributed by atoms with van der Waals surface area (Å²) in [5.41, 5.74) is 6.47. The van der Waals surface area contributed by atoms with Gasteiger partial charge in [-0.15, -0.1) is 0 Å². The van der Waals surface area contributed by atoms with Crippen molar-refractivity contribution in [2.75, 3.05) is 38.2 Å². The van der Waals surface area contributed by atoms with Crippen LogP contribution in [0.3, 0.4) is 0 Å². The molecule has 1 saturated heterocycles. The molecule has 1 aliphatic rings. The minimum absolute atomic E-state index is 0.00348. The van der Waals surface area contributed by atoms with E-state index in [1.807, 2.05) is 0 Å². The molecule has 1 unspecified atom stereocenters. The highest BCUT2D eigenvalue weighted by Crippen LogP contribution is 2.31. The Bertz CT molecular complexity index is 1410. The number of anilines is 2. The first kappa shape index (κ1) is 26.0. The number of halogens is 2. The molecule has 2 aromatic heterocycles. The van der Waals surface area contributed by atoms with Crippen molar-refractivity contribution >= 4 is 51.9 Å². The average Bonchev–Trinajstić information content (AvgIpc) is 3.27. The molecule has 3 amide bonds. The van der Waals surface area contributed by atoms with Crippen molar-refractivity contribution in [3.8, 4) is 0 Å². The Morgan fingerprint density at radius 2 is 2.08 bits per heavy atom. The first-order valence-electron chi connectivity index (χ1n) is 11.5. The van der Waals surface area contributed by atoms with Crippen molar-refractivity contribution < 1.29 is 18.8 Å². The summed E-state index contributed by atoms with van der Waals surface area (Å²) in [7, 11) is 3.13. The molecule has 1 aliphatic heterocycles. The zero-order valence-electron chi connectivity index (χ0n) is 20.4. The molecule has 1 fully saturated rings. The van der Waals surface area contributed by atoms with Crippen LogP contribution in [0.15, 0.2) is 31.1 Å². The maximum Gasteiger partial charge on any atom is 0.277 e. The van der Waals surface area contributed by atoms with Gasteiger partial charge in [0.25, 0.3) is 5.91 Å². The predicted octanol–water partition coefficient (Wildman–Crippen LogP) is 2.43. The molecule has 37 heavy (non-hydrogen) atoms. The molecule has 3 N–H and O–H groups in total. The lowest BCUT2D eigenvalue weighted by molar-refractivity contribution is -0.128. The van der Waals surface area contributed by atoms with Gasteiger partial charge >= 0.3 is 0 Å². The molecule has 3 heterocycles. The average molecular weight is 529 g/mol. The summed E-state index contributed by atoms with van der Waals surface area (Å²) in [6.45, 7) is 4.49. The lowest BCUT2D eigenvalue weighted by Crippen LogP contribution is -2.40. The van der Waals surface area contributed by atoms with Gasteiger partial charge < -0.3 is 20.9 Å². The largest absolute Gasteiger partial charge is 0.383 e. The Balaban J connectivity index is 1.66. The predicted molar refractivity (Wildman–Crippen MR) is 137 cm³/mol. The molecule has 0 bridgehead atoms. The molecule has 1 atom stereocenters. The molecule has 0 saturated carbocycles. The summed E-state index contributed by atoms with van der Waals surface area (Å²) >= 11 is 6.31. The van der Waals surface area contributed by atoms with E-state index < -0.39 is 11.7 Å². The van der Waals surface area contributed by atoms with Crippen molar-refractivity contribution in [3.05, 3.63) is 53.2 Å². The minimum atomic E-state index is -0.696. The summed E-state index contributed by atoms with van der Waals surface area (Å²) in [4.78, 5) is 48.7. The van der Waals surface area contributed by atoms with Gasteiger partial charge in [0.2, 0.25) is 11.8 Å². The second-order valence-corrected chi connectivity index (χ2v) is 9.28. The molecular formula is C24H26ClFN8O3. The van der Waals surface area contributed by atoms with Crippen molar-refractivity contribution in [2.24, 2.45) is 0 Å². The van der Waals surface area contributed by atoms with Gasteiger partial charge in [0.1, 0.15) is 18.0 Å². The number of amides is 3. The number of aromatic nitrogens is 4. The third kappa shape index (κ3) is 5.24. The highest BCUT2D eigenvalue weighted by Gasteiger charge is 2.29. The van der Waals surface area contributed by atoms with Gasteiger partial charge in [0.15, 0.2) is 11.3 Å². The van der Waals surface area contributed by atoms with E-state index >= 15 is 0 Å².